The van der Waals surface area contributed by atoms with Crippen molar-refractivity contribution in [1.82, 2.24) is 15.3 Å². The van der Waals surface area contributed by atoms with Gasteiger partial charge < -0.3 is 21.2 Å². The van der Waals surface area contributed by atoms with E-state index in [0.717, 1.165) is 29.5 Å². The van der Waals surface area contributed by atoms with Crippen LogP contribution in [0.25, 0.3) is 22.2 Å². The van der Waals surface area contributed by atoms with Gasteiger partial charge in [0.1, 0.15) is 11.7 Å². The Labute approximate surface area is 271 Å². The number of aryl methyl sites for hydroxylation is 1. The van der Waals surface area contributed by atoms with Crippen molar-refractivity contribution in [3.8, 4) is 11.1 Å². The highest BCUT2D eigenvalue weighted by atomic mass is 35.5. The van der Waals surface area contributed by atoms with E-state index in [1.165, 1.54) is 11.0 Å². The molecule has 242 valence electrons. The molecule has 1 saturated carbocycles. The fourth-order valence-corrected chi connectivity index (χ4v) is 6.39. The maximum absolute atomic E-state index is 14.2. The second-order valence-electron chi connectivity index (χ2n) is 12.3. The monoisotopic (exact) mass is 646 g/mol. The molecule has 1 fully saturated rings. The van der Waals surface area contributed by atoms with Crippen LogP contribution in [0.15, 0.2) is 57.7 Å². The van der Waals surface area contributed by atoms with Crippen molar-refractivity contribution in [2.75, 3.05) is 11.4 Å². The Hall–Kier alpha value is -4.48. The Bertz CT molecular complexity index is 1810. The molecule has 4 aromatic rings. The largest absolute Gasteiger partial charge is 0.417 e. The molecule has 2 heterocycles. The minimum Gasteiger partial charge on any atom is -0.406 e. The zero-order chi connectivity index (χ0) is 33.1. The summed E-state index contributed by atoms with van der Waals surface area (Å²) in [5.41, 5.74) is 16.2. The number of oxazole rings is 1. The lowest BCUT2D eigenvalue weighted by Crippen LogP contribution is -2.52. The van der Waals surface area contributed by atoms with Crippen LogP contribution in [0.1, 0.15) is 61.3 Å². The van der Waals surface area contributed by atoms with E-state index in [4.69, 9.17) is 27.5 Å². The van der Waals surface area contributed by atoms with Crippen LogP contribution >= 0.6 is 11.6 Å². The number of aromatic amines is 1. The number of fused-ring (bicyclic) bond motifs is 1. The average molecular weight is 647 g/mol. The molecule has 0 bridgehead atoms. The van der Waals surface area contributed by atoms with Gasteiger partial charge in [0.2, 0.25) is 11.8 Å². The molecule has 0 saturated heterocycles. The maximum Gasteiger partial charge on any atom is 0.417 e. The molecule has 11 nitrogen and oxygen atoms in total. The molecular weight excluding hydrogens is 608 g/mol. The summed E-state index contributed by atoms with van der Waals surface area (Å²) in [5.74, 6) is -1.80. The molecule has 1 aliphatic rings. The standard InChI is InChI=1S/C34H39ClN6O5/c1-18(2)38-32(43)27-13-12-25(19(3)39-27)22-8-4-20(5-9-22)14-29(31(37)42)41(33(44)23-10-6-21(17-36)7-11-23)24-15-26(35)30-28(16-24)40-34(45)46-30/h4-5,8-9,12-13,15-16,18,21,23,29H,6-7,10-11,14,17,36H2,1-3H3,(H2,37,42)(H,38,43)(H,40,45)/t21?,23?,29-/m0/s1. The highest BCUT2D eigenvalue weighted by molar-refractivity contribution is 6.35. The number of hydrogen-bond donors (Lipinski definition) is 4. The topological polar surface area (TPSA) is 177 Å². The van der Waals surface area contributed by atoms with Crippen LogP contribution in [0.4, 0.5) is 5.69 Å². The number of halogens is 1. The zero-order valence-electron chi connectivity index (χ0n) is 26.1. The summed E-state index contributed by atoms with van der Waals surface area (Å²) >= 11 is 6.48. The summed E-state index contributed by atoms with van der Waals surface area (Å²) in [6.07, 6.45) is 3.05. The van der Waals surface area contributed by atoms with Crippen LogP contribution < -0.4 is 27.4 Å². The number of nitrogens with zero attached hydrogens (tertiary/aromatic N) is 2. The van der Waals surface area contributed by atoms with E-state index >= 15 is 0 Å². The van der Waals surface area contributed by atoms with E-state index in [9.17, 15) is 19.2 Å². The van der Waals surface area contributed by atoms with E-state index in [-0.39, 0.29) is 40.8 Å². The summed E-state index contributed by atoms with van der Waals surface area (Å²) in [4.78, 5) is 60.1. The van der Waals surface area contributed by atoms with Crippen molar-refractivity contribution in [3.05, 3.63) is 81.1 Å². The van der Waals surface area contributed by atoms with Crippen LogP contribution in [-0.4, -0.2) is 46.3 Å². The lowest BCUT2D eigenvalue weighted by molar-refractivity contribution is -0.127. The number of nitrogens with two attached hydrogens (primary N) is 2. The van der Waals surface area contributed by atoms with Crippen molar-refractivity contribution in [2.45, 2.75) is 65.0 Å². The molecule has 5 rings (SSSR count). The van der Waals surface area contributed by atoms with Crippen LogP contribution in [0.5, 0.6) is 0 Å². The summed E-state index contributed by atoms with van der Waals surface area (Å²) in [6.45, 7) is 6.19. The summed E-state index contributed by atoms with van der Waals surface area (Å²) < 4.78 is 5.15. The normalized spacial score (nSPS) is 17.2. The second-order valence-corrected chi connectivity index (χ2v) is 12.7. The first-order chi connectivity index (χ1) is 21.9. The number of H-pyrrole nitrogens is 1. The lowest BCUT2D eigenvalue weighted by atomic mass is 9.81. The Morgan fingerprint density at radius 3 is 2.39 bits per heavy atom. The van der Waals surface area contributed by atoms with Gasteiger partial charge in [0.25, 0.3) is 5.91 Å². The number of primary amides is 1. The number of benzene rings is 2. The van der Waals surface area contributed by atoms with Gasteiger partial charge >= 0.3 is 5.76 Å². The first-order valence-electron chi connectivity index (χ1n) is 15.5. The third-order valence-corrected chi connectivity index (χ3v) is 8.86. The Morgan fingerprint density at radius 2 is 1.78 bits per heavy atom. The number of carbonyl (C=O) groups excluding carboxylic acids is 3. The first-order valence-corrected chi connectivity index (χ1v) is 15.9. The molecule has 46 heavy (non-hydrogen) atoms. The van der Waals surface area contributed by atoms with Crippen molar-refractivity contribution in [2.24, 2.45) is 23.3 Å². The van der Waals surface area contributed by atoms with Gasteiger partial charge in [0, 0.05) is 35.3 Å². The predicted octanol–water partition coefficient (Wildman–Crippen LogP) is 4.48. The van der Waals surface area contributed by atoms with E-state index in [2.05, 4.69) is 15.3 Å². The number of anilines is 1. The summed E-state index contributed by atoms with van der Waals surface area (Å²) in [5, 5.41) is 2.97. The number of amides is 3. The molecule has 0 radical (unpaired) electrons. The highest BCUT2D eigenvalue weighted by Gasteiger charge is 2.36. The van der Waals surface area contributed by atoms with Gasteiger partial charge in [-0.05, 0) is 88.2 Å². The van der Waals surface area contributed by atoms with Crippen molar-refractivity contribution in [3.63, 3.8) is 0 Å². The molecule has 1 aliphatic carbocycles. The predicted molar refractivity (Wildman–Crippen MR) is 178 cm³/mol. The molecule has 6 N–H and O–H groups in total. The average Bonchev–Trinajstić information content (AvgIpc) is 3.41. The minimum absolute atomic E-state index is 0.00183. The summed E-state index contributed by atoms with van der Waals surface area (Å²) in [6, 6.07) is 13.2. The van der Waals surface area contributed by atoms with Gasteiger partial charge in [-0.25, -0.2) is 9.78 Å². The van der Waals surface area contributed by atoms with E-state index in [1.54, 1.807) is 12.1 Å². The molecule has 0 spiro atoms. The minimum atomic E-state index is -1.04. The quantitative estimate of drug-likeness (QED) is 0.196. The van der Waals surface area contributed by atoms with E-state index < -0.39 is 17.7 Å². The smallest absolute Gasteiger partial charge is 0.406 e. The maximum atomic E-state index is 14.2. The first kappa shape index (κ1) is 32.9. The second kappa shape index (κ2) is 13.9. The fraction of sp³-hybridized carbons (Fsp3) is 0.382. The van der Waals surface area contributed by atoms with Crippen molar-refractivity contribution >= 4 is 46.1 Å². The van der Waals surface area contributed by atoms with Crippen LogP contribution in [0.2, 0.25) is 5.02 Å². The van der Waals surface area contributed by atoms with Crippen LogP contribution in [0, 0.1) is 18.8 Å². The SMILES string of the molecule is Cc1nc(C(=O)NC(C)C)ccc1-c1ccc(C[C@@H](C(N)=O)N(C(=O)C2CCC(CN)CC2)c2cc(Cl)c3oc(=O)[nH]c3c2)cc1. The number of nitrogens with one attached hydrogen (secondary N) is 2. The van der Waals surface area contributed by atoms with Gasteiger partial charge in [-0.2, -0.15) is 0 Å². The van der Waals surface area contributed by atoms with Crippen LogP contribution in [0.3, 0.4) is 0 Å². The van der Waals surface area contributed by atoms with E-state index in [1.807, 2.05) is 51.1 Å². The number of rotatable bonds is 10. The molecule has 1 atom stereocenters. The third kappa shape index (κ3) is 7.16. The van der Waals surface area contributed by atoms with Gasteiger partial charge in [-0.15, -0.1) is 0 Å². The molecule has 3 amide bonds. The number of pyridine rings is 1. The Balaban J connectivity index is 1.45. The van der Waals surface area contributed by atoms with Gasteiger partial charge in [0.15, 0.2) is 5.58 Å². The molecule has 12 heteroatoms. The fourth-order valence-electron chi connectivity index (χ4n) is 6.14. The molecule has 2 aromatic carbocycles. The summed E-state index contributed by atoms with van der Waals surface area (Å²) in [7, 11) is 0. The molecule has 2 aromatic heterocycles. The lowest BCUT2D eigenvalue weighted by Gasteiger charge is -2.35. The van der Waals surface area contributed by atoms with E-state index in [0.29, 0.717) is 47.9 Å². The van der Waals surface area contributed by atoms with Crippen molar-refractivity contribution < 1.29 is 18.8 Å². The molecule has 0 aliphatic heterocycles. The van der Waals surface area contributed by atoms with Gasteiger partial charge in [0.05, 0.1) is 10.5 Å². The number of aromatic nitrogens is 2. The Kier molecular flexibility index (Phi) is 9.93. The van der Waals surface area contributed by atoms with Gasteiger partial charge in [-0.3, -0.25) is 24.3 Å². The third-order valence-electron chi connectivity index (χ3n) is 8.58. The van der Waals surface area contributed by atoms with Crippen LogP contribution in [-0.2, 0) is 16.0 Å². The van der Waals surface area contributed by atoms with Crippen molar-refractivity contribution in [1.29, 1.82) is 0 Å². The number of carbonyl (C=O) groups is 3. The highest BCUT2D eigenvalue weighted by Crippen LogP contribution is 2.35. The Morgan fingerprint density at radius 1 is 1.09 bits per heavy atom. The zero-order valence-corrected chi connectivity index (χ0v) is 26.9. The van der Waals surface area contributed by atoms with Gasteiger partial charge in [-0.1, -0.05) is 41.9 Å². The molecule has 0 unspecified atom stereocenters. The molecular formula is C34H39ClN6O5. The number of hydrogen-bond acceptors (Lipinski definition) is 7.